The van der Waals surface area contributed by atoms with Crippen LogP contribution in [0.5, 0.6) is 0 Å². The number of hydrogen-bond acceptors (Lipinski definition) is 7. The molecule has 2 aromatic rings. The summed E-state index contributed by atoms with van der Waals surface area (Å²) in [6.45, 7) is -0.461. The minimum atomic E-state index is -1.19. The summed E-state index contributed by atoms with van der Waals surface area (Å²) in [5.74, 6) is -3.11. The molecule has 3 unspecified atom stereocenters. The number of hydrogen-bond donors (Lipinski definition) is 7. The molecule has 0 aliphatic heterocycles. The van der Waals surface area contributed by atoms with Crippen LogP contribution in [0.1, 0.15) is 11.3 Å². The van der Waals surface area contributed by atoms with Crippen molar-refractivity contribution >= 4 is 36.3 Å². The van der Waals surface area contributed by atoms with Gasteiger partial charge in [-0.15, -0.1) is 0 Å². The third-order valence-electron chi connectivity index (χ3n) is 4.49. The van der Waals surface area contributed by atoms with Crippen LogP contribution in [0.15, 0.2) is 42.9 Å². The van der Waals surface area contributed by atoms with Crippen molar-refractivity contribution in [3.8, 4) is 0 Å². The molecule has 0 saturated carbocycles. The number of benzene rings is 1. The highest BCUT2D eigenvalue weighted by Gasteiger charge is 2.25. The number of carboxylic acid groups (broad SMARTS) is 1. The van der Waals surface area contributed by atoms with Crippen LogP contribution >= 0.6 is 12.6 Å². The van der Waals surface area contributed by atoms with E-state index in [2.05, 4.69) is 38.5 Å². The van der Waals surface area contributed by atoms with Gasteiger partial charge in [0, 0.05) is 30.5 Å². The zero-order chi connectivity index (χ0) is 23.5. The van der Waals surface area contributed by atoms with Gasteiger partial charge in [0.05, 0.1) is 18.9 Å². The van der Waals surface area contributed by atoms with Gasteiger partial charge in [-0.1, -0.05) is 30.3 Å². The van der Waals surface area contributed by atoms with Crippen LogP contribution in [-0.2, 0) is 32.0 Å². The summed E-state index contributed by atoms with van der Waals surface area (Å²) in [5, 5.41) is 16.6. The van der Waals surface area contributed by atoms with Crippen molar-refractivity contribution in [2.24, 2.45) is 5.73 Å². The molecule has 3 amide bonds. The molecule has 172 valence electrons. The van der Waals surface area contributed by atoms with Gasteiger partial charge in [0.25, 0.3) is 0 Å². The van der Waals surface area contributed by atoms with Crippen LogP contribution in [-0.4, -0.2) is 69.2 Å². The highest BCUT2D eigenvalue weighted by molar-refractivity contribution is 7.80. The van der Waals surface area contributed by atoms with Crippen molar-refractivity contribution in [1.29, 1.82) is 0 Å². The largest absolute Gasteiger partial charge is 0.480 e. The summed E-state index contributed by atoms with van der Waals surface area (Å²) >= 11 is 4.06. The molecule has 0 aliphatic rings. The van der Waals surface area contributed by atoms with E-state index in [1.807, 2.05) is 0 Å². The van der Waals surface area contributed by atoms with E-state index >= 15 is 0 Å². The quantitative estimate of drug-likeness (QED) is 0.190. The number of carbonyl (C=O) groups excluding carboxylic acids is 3. The van der Waals surface area contributed by atoms with Crippen molar-refractivity contribution in [1.82, 2.24) is 25.9 Å². The van der Waals surface area contributed by atoms with E-state index in [0.29, 0.717) is 5.69 Å². The predicted molar refractivity (Wildman–Crippen MR) is 119 cm³/mol. The third-order valence-corrected chi connectivity index (χ3v) is 4.85. The summed E-state index contributed by atoms with van der Waals surface area (Å²) in [7, 11) is 0. The summed E-state index contributed by atoms with van der Waals surface area (Å²) in [6, 6.07) is 5.75. The molecular weight excluding hydrogens is 436 g/mol. The molecule has 0 bridgehead atoms. The molecular formula is C20H26N6O5S. The van der Waals surface area contributed by atoms with Crippen molar-refractivity contribution in [3.63, 3.8) is 0 Å². The van der Waals surface area contributed by atoms with Crippen molar-refractivity contribution in [3.05, 3.63) is 54.1 Å². The van der Waals surface area contributed by atoms with Gasteiger partial charge in [-0.2, -0.15) is 12.6 Å². The maximum absolute atomic E-state index is 12.3. The molecule has 1 aromatic carbocycles. The minimum absolute atomic E-state index is 0.0261. The van der Waals surface area contributed by atoms with Gasteiger partial charge in [0.15, 0.2) is 0 Å². The number of aromatic amines is 1. The number of imidazole rings is 1. The molecule has 7 N–H and O–H groups in total. The van der Waals surface area contributed by atoms with Gasteiger partial charge >= 0.3 is 5.97 Å². The Morgan fingerprint density at radius 2 is 1.78 bits per heavy atom. The number of H-pyrrole nitrogens is 1. The van der Waals surface area contributed by atoms with Gasteiger partial charge in [0.2, 0.25) is 17.7 Å². The summed E-state index contributed by atoms with van der Waals surface area (Å²) in [4.78, 5) is 54.9. The molecule has 3 atom stereocenters. The first-order valence-electron chi connectivity index (χ1n) is 9.78. The third kappa shape index (κ3) is 8.04. The SMILES string of the molecule is NC(Cc1cnc[nH]1)C(=O)NC(CS)C(=O)NCC(=O)NC(Cc1ccccc1)C(=O)O. The number of rotatable bonds is 12. The number of carboxylic acids is 1. The maximum Gasteiger partial charge on any atom is 0.326 e. The Hall–Kier alpha value is -3.38. The Labute approximate surface area is 190 Å². The predicted octanol–water partition coefficient (Wildman–Crippen LogP) is -1.38. The lowest BCUT2D eigenvalue weighted by molar-refractivity contribution is -0.141. The summed E-state index contributed by atoms with van der Waals surface area (Å²) in [5.41, 5.74) is 7.25. The summed E-state index contributed by atoms with van der Waals surface area (Å²) in [6.07, 6.45) is 3.30. The molecule has 0 spiro atoms. The fourth-order valence-electron chi connectivity index (χ4n) is 2.78. The minimum Gasteiger partial charge on any atom is -0.480 e. The zero-order valence-corrected chi connectivity index (χ0v) is 18.0. The van der Waals surface area contributed by atoms with Gasteiger partial charge < -0.3 is 31.8 Å². The number of aromatic nitrogens is 2. The van der Waals surface area contributed by atoms with E-state index < -0.39 is 48.4 Å². The van der Waals surface area contributed by atoms with Crippen LogP contribution in [0.2, 0.25) is 0 Å². The lowest BCUT2D eigenvalue weighted by atomic mass is 10.1. The van der Waals surface area contributed by atoms with Crippen LogP contribution < -0.4 is 21.7 Å². The average molecular weight is 463 g/mol. The number of aliphatic carboxylic acids is 1. The molecule has 0 aliphatic carbocycles. The summed E-state index contributed by atoms with van der Waals surface area (Å²) < 4.78 is 0. The molecule has 12 heteroatoms. The molecule has 0 fully saturated rings. The lowest BCUT2D eigenvalue weighted by Gasteiger charge is -2.19. The van der Waals surface area contributed by atoms with Crippen LogP contribution in [0.4, 0.5) is 0 Å². The number of nitrogens with zero attached hydrogens (tertiary/aromatic N) is 1. The normalized spacial score (nSPS) is 13.4. The van der Waals surface area contributed by atoms with Gasteiger partial charge in [0.1, 0.15) is 12.1 Å². The Morgan fingerprint density at radius 3 is 2.38 bits per heavy atom. The number of amides is 3. The molecule has 2 rings (SSSR count). The Balaban J connectivity index is 1.82. The van der Waals surface area contributed by atoms with Crippen LogP contribution in [0.25, 0.3) is 0 Å². The van der Waals surface area contributed by atoms with Gasteiger partial charge in [-0.25, -0.2) is 9.78 Å². The first-order chi connectivity index (χ1) is 15.3. The smallest absolute Gasteiger partial charge is 0.326 e. The second kappa shape index (κ2) is 12.5. The second-order valence-corrected chi connectivity index (χ2v) is 7.36. The van der Waals surface area contributed by atoms with E-state index in [1.54, 1.807) is 30.3 Å². The van der Waals surface area contributed by atoms with Gasteiger partial charge in [-0.3, -0.25) is 14.4 Å². The van der Waals surface area contributed by atoms with E-state index in [0.717, 1.165) is 5.56 Å². The first-order valence-corrected chi connectivity index (χ1v) is 10.4. The number of nitrogens with one attached hydrogen (secondary N) is 4. The highest BCUT2D eigenvalue weighted by atomic mass is 32.1. The van der Waals surface area contributed by atoms with Crippen molar-refractivity contribution < 1.29 is 24.3 Å². The monoisotopic (exact) mass is 462 g/mol. The fourth-order valence-corrected chi connectivity index (χ4v) is 3.04. The Kier molecular flexibility index (Phi) is 9.70. The maximum atomic E-state index is 12.3. The second-order valence-electron chi connectivity index (χ2n) is 7.00. The zero-order valence-electron chi connectivity index (χ0n) is 17.2. The molecule has 1 aromatic heterocycles. The van der Waals surface area contributed by atoms with Crippen molar-refractivity contribution in [2.45, 2.75) is 31.0 Å². The van der Waals surface area contributed by atoms with E-state index in [9.17, 15) is 24.3 Å². The van der Waals surface area contributed by atoms with E-state index in [1.165, 1.54) is 12.5 Å². The van der Waals surface area contributed by atoms with Crippen LogP contribution in [0.3, 0.4) is 0 Å². The number of nitrogens with two attached hydrogens (primary N) is 1. The van der Waals surface area contributed by atoms with E-state index in [4.69, 9.17) is 5.73 Å². The fraction of sp³-hybridized carbons (Fsp3) is 0.350. The van der Waals surface area contributed by atoms with Gasteiger partial charge in [-0.05, 0) is 5.56 Å². The molecule has 1 heterocycles. The number of carbonyl (C=O) groups is 4. The Bertz CT molecular complexity index is 908. The molecule has 0 radical (unpaired) electrons. The molecule has 0 saturated heterocycles. The highest BCUT2D eigenvalue weighted by Crippen LogP contribution is 2.03. The van der Waals surface area contributed by atoms with Crippen LogP contribution in [0, 0.1) is 0 Å². The average Bonchev–Trinajstić information content (AvgIpc) is 3.28. The Morgan fingerprint density at radius 1 is 1.06 bits per heavy atom. The lowest BCUT2D eigenvalue weighted by Crippen LogP contribution is -2.54. The van der Waals surface area contributed by atoms with Crippen molar-refractivity contribution in [2.75, 3.05) is 12.3 Å². The van der Waals surface area contributed by atoms with E-state index in [-0.39, 0.29) is 18.6 Å². The molecule has 11 nitrogen and oxygen atoms in total. The molecule has 32 heavy (non-hydrogen) atoms. The topological polar surface area (TPSA) is 179 Å². The standard InChI is InChI=1S/C20H26N6O5S/c21-14(7-13-8-22-11-24-13)18(28)26-16(10-32)19(29)23-9-17(27)25-15(20(30)31)6-12-4-2-1-3-5-12/h1-5,8,11,14-16,32H,6-7,9-10,21H2,(H,22,24)(H,23,29)(H,25,27)(H,26,28)(H,30,31). The number of thiol groups is 1. The first kappa shape index (κ1) is 24.9.